The second-order valence-corrected chi connectivity index (χ2v) is 7.60. The summed E-state index contributed by atoms with van der Waals surface area (Å²) in [6.07, 6.45) is 8.25. The Labute approximate surface area is 136 Å². The van der Waals surface area contributed by atoms with E-state index in [0.717, 1.165) is 11.8 Å². The number of nitrogens with zero attached hydrogens (tertiary/aromatic N) is 1. The summed E-state index contributed by atoms with van der Waals surface area (Å²) in [4.78, 5) is 24.1. The Bertz CT molecular complexity index is 594. The lowest BCUT2D eigenvalue weighted by Gasteiger charge is -2.54. The first-order chi connectivity index (χ1) is 11.1. The fraction of sp³-hybridized carbons (Fsp3) is 0.667. The Balaban J connectivity index is 1.31. The minimum atomic E-state index is -0.447. The number of aromatic nitrogens is 1. The molecule has 0 aliphatic heterocycles. The zero-order valence-corrected chi connectivity index (χ0v) is 13.5. The molecule has 0 radical (unpaired) electrons. The van der Waals surface area contributed by atoms with Gasteiger partial charge in [-0.2, -0.15) is 0 Å². The highest BCUT2D eigenvalue weighted by molar-refractivity contribution is 5.90. The van der Waals surface area contributed by atoms with Gasteiger partial charge in [-0.15, -0.1) is 0 Å². The van der Waals surface area contributed by atoms with E-state index < -0.39 is 5.97 Å². The minimum absolute atomic E-state index is 0.162. The van der Waals surface area contributed by atoms with Gasteiger partial charge in [0.25, 0.3) is 5.91 Å². The van der Waals surface area contributed by atoms with E-state index in [4.69, 9.17) is 4.74 Å². The Morgan fingerprint density at radius 2 is 1.83 bits per heavy atom. The lowest BCUT2D eigenvalue weighted by molar-refractivity contribution is -0.128. The maximum absolute atomic E-state index is 12.2. The van der Waals surface area contributed by atoms with Gasteiger partial charge in [0.15, 0.2) is 6.61 Å². The number of rotatable bonds is 4. The molecule has 4 saturated carbocycles. The van der Waals surface area contributed by atoms with Crippen LogP contribution in [0.2, 0.25) is 0 Å². The van der Waals surface area contributed by atoms with Gasteiger partial charge in [0.2, 0.25) is 0 Å². The van der Waals surface area contributed by atoms with E-state index in [1.165, 1.54) is 32.1 Å². The summed E-state index contributed by atoms with van der Waals surface area (Å²) in [6, 6.07) is 3.77. The van der Waals surface area contributed by atoms with Gasteiger partial charge in [0.05, 0.1) is 0 Å². The van der Waals surface area contributed by atoms with Crippen LogP contribution in [0.4, 0.5) is 0 Å². The van der Waals surface area contributed by atoms with E-state index in [9.17, 15) is 9.59 Å². The molecule has 4 fully saturated rings. The molecule has 4 aliphatic rings. The first-order valence-corrected chi connectivity index (χ1v) is 8.68. The molecule has 4 aliphatic carbocycles. The molecule has 0 atom stereocenters. The van der Waals surface area contributed by atoms with Crippen molar-refractivity contribution in [2.24, 2.45) is 30.7 Å². The standard InChI is InChI=1S/C18H24N2O3/c1-20-4-2-3-15(20)18(22)23-10-16(21)19-17-13-6-11-5-12(8-13)9-14(17)7-11/h2-4,11-14,17H,5-10H2,1H3,(H,19,21). The Morgan fingerprint density at radius 1 is 1.17 bits per heavy atom. The molecule has 1 amide bonds. The topological polar surface area (TPSA) is 60.3 Å². The van der Waals surface area contributed by atoms with E-state index >= 15 is 0 Å². The summed E-state index contributed by atoms with van der Waals surface area (Å²) < 4.78 is 6.84. The summed E-state index contributed by atoms with van der Waals surface area (Å²) >= 11 is 0. The van der Waals surface area contributed by atoms with Gasteiger partial charge in [-0.3, -0.25) is 4.79 Å². The predicted molar refractivity (Wildman–Crippen MR) is 84.7 cm³/mol. The molecule has 4 bridgehead atoms. The normalized spacial score (nSPS) is 34.4. The molecule has 0 spiro atoms. The molecule has 5 nitrogen and oxygen atoms in total. The monoisotopic (exact) mass is 316 g/mol. The number of amides is 1. The number of aryl methyl sites for hydroxylation is 1. The number of esters is 1. The average Bonchev–Trinajstić information content (AvgIpc) is 2.94. The van der Waals surface area contributed by atoms with Crippen molar-refractivity contribution in [3.63, 3.8) is 0 Å². The highest BCUT2D eigenvalue weighted by Crippen LogP contribution is 2.53. The average molecular weight is 316 g/mol. The molecule has 5 heteroatoms. The summed E-state index contributed by atoms with van der Waals surface area (Å²) in [5.41, 5.74) is 0.465. The van der Waals surface area contributed by atoms with Gasteiger partial charge >= 0.3 is 5.97 Å². The van der Waals surface area contributed by atoms with E-state index in [0.29, 0.717) is 23.6 Å². The molecule has 0 saturated heterocycles. The third-order valence-electron chi connectivity index (χ3n) is 6.04. The van der Waals surface area contributed by atoms with Crippen molar-refractivity contribution >= 4 is 11.9 Å². The first-order valence-electron chi connectivity index (χ1n) is 8.68. The molecule has 1 N–H and O–H groups in total. The number of hydrogen-bond acceptors (Lipinski definition) is 3. The highest BCUT2D eigenvalue weighted by atomic mass is 16.5. The SMILES string of the molecule is Cn1cccc1C(=O)OCC(=O)NC1C2CC3CC(C2)CC1C3. The number of hydrogen-bond donors (Lipinski definition) is 1. The van der Waals surface area contributed by atoms with Gasteiger partial charge in [0.1, 0.15) is 5.69 Å². The van der Waals surface area contributed by atoms with Gasteiger partial charge in [-0.1, -0.05) is 0 Å². The molecule has 5 rings (SSSR count). The Morgan fingerprint density at radius 3 is 2.39 bits per heavy atom. The molecular weight excluding hydrogens is 292 g/mol. The van der Waals surface area contributed by atoms with Crippen LogP contribution in [0.1, 0.15) is 42.6 Å². The lowest BCUT2D eigenvalue weighted by Crippen LogP contribution is -2.56. The number of nitrogens with one attached hydrogen (secondary N) is 1. The zero-order valence-electron chi connectivity index (χ0n) is 13.5. The first kappa shape index (κ1) is 14.8. The Hall–Kier alpha value is -1.78. The summed E-state index contributed by atoms with van der Waals surface area (Å²) in [7, 11) is 1.78. The summed E-state index contributed by atoms with van der Waals surface area (Å²) in [5, 5.41) is 3.15. The maximum atomic E-state index is 12.2. The summed E-state index contributed by atoms with van der Waals surface area (Å²) in [6.45, 7) is -0.188. The fourth-order valence-electron chi connectivity index (χ4n) is 5.27. The van der Waals surface area contributed by atoms with E-state index in [-0.39, 0.29) is 12.5 Å². The molecule has 1 heterocycles. The van der Waals surface area contributed by atoms with Crippen LogP contribution in [0.15, 0.2) is 18.3 Å². The van der Waals surface area contributed by atoms with Crippen molar-refractivity contribution in [1.29, 1.82) is 0 Å². The Kier molecular flexibility index (Phi) is 3.66. The second kappa shape index (κ2) is 5.69. The summed E-state index contributed by atoms with van der Waals surface area (Å²) in [5.74, 6) is 2.45. The molecule has 1 aromatic rings. The van der Waals surface area contributed by atoms with Crippen LogP contribution >= 0.6 is 0 Å². The van der Waals surface area contributed by atoms with Gasteiger partial charge in [-0.25, -0.2) is 4.79 Å². The zero-order chi connectivity index (χ0) is 16.0. The molecule has 1 aromatic heterocycles. The van der Waals surface area contributed by atoms with Crippen LogP contribution < -0.4 is 5.32 Å². The van der Waals surface area contributed by atoms with Crippen molar-refractivity contribution in [1.82, 2.24) is 9.88 Å². The van der Waals surface area contributed by atoms with Crippen LogP contribution in [0.3, 0.4) is 0 Å². The number of carbonyl (C=O) groups is 2. The third-order valence-corrected chi connectivity index (χ3v) is 6.04. The van der Waals surface area contributed by atoms with Crippen molar-refractivity contribution in [2.45, 2.75) is 38.1 Å². The molecule has 0 unspecified atom stereocenters. The van der Waals surface area contributed by atoms with Crippen LogP contribution in [0.5, 0.6) is 0 Å². The molecule has 0 aromatic carbocycles. The van der Waals surface area contributed by atoms with Crippen molar-refractivity contribution in [3.05, 3.63) is 24.0 Å². The quantitative estimate of drug-likeness (QED) is 0.866. The van der Waals surface area contributed by atoms with Gasteiger partial charge in [-0.05, 0) is 67.9 Å². The lowest BCUT2D eigenvalue weighted by atomic mass is 9.54. The van der Waals surface area contributed by atoms with Crippen LogP contribution in [0, 0.1) is 23.7 Å². The van der Waals surface area contributed by atoms with Crippen molar-refractivity contribution < 1.29 is 14.3 Å². The number of carbonyl (C=O) groups excluding carboxylic acids is 2. The molecule has 124 valence electrons. The van der Waals surface area contributed by atoms with Crippen LogP contribution in [-0.2, 0) is 16.6 Å². The number of ether oxygens (including phenoxy) is 1. The second-order valence-electron chi connectivity index (χ2n) is 7.60. The van der Waals surface area contributed by atoms with Crippen LogP contribution in [0.25, 0.3) is 0 Å². The van der Waals surface area contributed by atoms with E-state index in [2.05, 4.69) is 5.32 Å². The molecule has 23 heavy (non-hydrogen) atoms. The fourth-order valence-corrected chi connectivity index (χ4v) is 5.27. The maximum Gasteiger partial charge on any atom is 0.355 e. The van der Waals surface area contributed by atoms with Crippen LogP contribution in [-0.4, -0.2) is 29.1 Å². The smallest absolute Gasteiger partial charge is 0.355 e. The van der Waals surface area contributed by atoms with Crippen molar-refractivity contribution in [3.8, 4) is 0 Å². The molecular formula is C18H24N2O3. The highest BCUT2D eigenvalue weighted by Gasteiger charge is 2.48. The predicted octanol–water partition coefficient (Wildman–Crippen LogP) is 2.12. The minimum Gasteiger partial charge on any atom is -0.451 e. The van der Waals surface area contributed by atoms with Gasteiger partial charge < -0.3 is 14.6 Å². The van der Waals surface area contributed by atoms with E-state index in [1.54, 1.807) is 29.9 Å². The van der Waals surface area contributed by atoms with Crippen molar-refractivity contribution in [2.75, 3.05) is 6.61 Å². The largest absolute Gasteiger partial charge is 0.451 e. The van der Waals surface area contributed by atoms with E-state index in [1.807, 2.05) is 0 Å². The van der Waals surface area contributed by atoms with Gasteiger partial charge in [0, 0.05) is 19.3 Å². The third kappa shape index (κ3) is 2.77.